The number of hydrogen-bond acceptors (Lipinski definition) is 2. The van der Waals surface area contributed by atoms with Gasteiger partial charge in [0.1, 0.15) is 5.75 Å². The molecule has 0 N–H and O–H groups in total. The number of rotatable bonds is 2. The molecule has 2 heteroatoms. The first-order valence-corrected chi connectivity index (χ1v) is 5.22. The Labute approximate surface area is 84.8 Å². The minimum absolute atomic E-state index is 0.0545. The van der Waals surface area contributed by atoms with Gasteiger partial charge in [-0.05, 0) is 31.9 Å². The first-order valence-electron chi connectivity index (χ1n) is 5.22. The lowest BCUT2D eigenvalue weighted by molar-refractivity contribution is -0.141. The summed E-state index contributed by atoms with van der Waals surface area (Å²) >= 11 is 0. The maximum absolute atomic E-state index is 5.70. The van der Waals surface area contributed by atoms with Gasteiger partial charge in [-0.3, -0.25) is 0 Å². The van der Waals surface area contributed by atoms with Crippen LogP contribution in [0.4, 0.5) is 0 Å². The quantitative estimate of drug-likeness (QED) is 0.717. The van der Waals surface area contributed by atoms with Gasteiger partial charge in [0.05, 0.1) is 6.10 Å². The van der Waals surface area contributed by atoms with Crippen molar-refractivity contribution in [2.75, 3.05) is 0 Å². The van der Waals surface area contributed by atoms with Gasteiger partial charge in [0, 0.05) is 6.42 Å². The van der Waals surface area contributed by atoms with E-state index in [1.54, 1.807) is 0 Å². The van der Waals surface area contributed by atoms with Gasteiger partial charge in [-0.25, -0.2) is 0 Å². The van der Waals surface area contributed by atoms with Crippen molar-refractivity contribution in [3.05, 3.63) is 30.3 Å². The maximum atomic E-state index is 5.70. The Morgan fingerprint density at radius 2 is 2.00 bits per heavy atom. The van der Waals surface area contributed by atoms with Crippen molar-refractivity contribution in [3.8, 4) is 5.75 Å². The van der Waals surface area contributed by atoms with Crippen LogP contribution in [0, 0.1) is 0 Å². The van der Waals surface area contributed by atoms with Crippen LogP contribution in [-0.2, 0) is 4.74 Å². The van der Waals surface area contributed by atoms with E-state index in [1.807, 2.05) is 30.3 Å². The molecule has 14 heavy (non-hydrogen) atoms. The highest BCUT2D eigenvalue weighted by Crippen LogP contribution is 2.21. The Morgan fingerprint density at radius 3 is 2.71 bits per heavy atom. The van der Waals surface area contributed by atoms with E-state index in [4.69, 9.17) is 9.47 Å². The molecule has 0 radical (unpaired) electrons. The van der Waals surface area contributed by atoms with Gasteiger partial charge in [-0.15, -0.1) is 0 Å². The fourth-order valence-corrected chi connectivity index (χ4v) is 1.70. The van der Waals surface area contributed by atoms with Crippen LogP contribution >= 0.6 is 0 Å². The van der Waals surface area contributed by atoms with E-state index in [1.165, 1.54) is 6.42 Å². The summed E-state index contributed by atoms with van der Waals surface area (Å²) in [6.07, 6.45) is 3.62. The molecule has 2 atom stereocenters. The molecule has 1 aromatic carbocycles. The van der Waals surface area contributed by atoms with Crippen molar-refractivity contribution in [1.29, 1.82) is 0 Å². The molecule has 0 unspecified atom stereocenters. The van der Waals surface area contributed by atoms with Gasteiger partial charge in [-0.1, -0.05) is 18.2 Å². The summed E-state index contributed by atoms with van der Waals surface area (Å²) in [6.45, 7) is 2.10. The van der Waals surface area contributed by atoms with Crippen LogP contribution in [-0.4, -0.2) is 12.4 Å². The molecule has 0 spiro atoms. The summed E-state index contributed by atoms with van der Waals surface area (Å²) in [6, 6.07) is 9.85. The molecule has 1 saturated heterocycles. The lowest BCUT2D eigenvalue weighted by atomic mass is 10.1. The third-order valence-corrected chi connectivity index (χ3v) is 2.45. The van der Waals surface area contributed by atoms with Crippen molar-refractivity contribution in [2.24, 2.45) is 0 Å². The zero-order chi connectivity index (χ0) is 9.80. The molecule has 1 heterocycles. The summed E-state index contributed by atoms with van der Waals surface area (Å²) < 4.78 is 11.4. The van der Waals surface area contributed by atoms with Crippen molar-refractivity contribution in [3.63, 3.8) is 0 Å². The molecule has 0 saturated carbocycles. The second-order valence-electron chi connectivity index (χ2n) is 3.74. The Hall–Kier alpha value is -1.02. The topological polar surface area (TPSA) is 18.5 Å². The van der Waals surface area contributed by atoms with Crippen LogP contribution in [0.1, 0.15) is 26.2 Å². The number of hydrogen-bond donors (Lipinski definition) is 0. The summed E-state index contributed by atoms with van der Waals surface area (Å²) in [5.41, 5.74) is 0. The van der Waals surface area contributed by atoms with Gasteiger partial charge in [0.15, 0.2) is 6.29 Å². The number of para-hydroxylation sites is 1. The van der Waals surface area contributed by atoms with E-state index in [-0.39, 0.29) is 6.29 Å². The molecule has 2 rings (SSSR count). The average Bonchev–Trinajstić information content (AvgIpc) is 2.19. The molecule has 0 aromatic heterocycles. The predicted molar refractivity (Wildman–Crippen MR) is 55.3 cm³/mol. The second-order valence-corrected chi connectivity index (χ2v) is 3.74. The standard InChI is InChI=1S/C12H16O2/c1-10-6-5-9-12(13-10)14-11-7-3-2-4-8-11/h2-4,7-8,10,12H,5-6,9H2,1H3/t10-,12-/m1/s1. The molecule has 1 aliphatic rings. The normalized spacial score (nSPS) is 27.2. The molecular formula is C12H16O2. The number of benzene rings is 1. The monoisotopic (exact) mass is 192 g/mol. The lowest BCUT2D eigenvalue weighted by Gasteiger charge is -2.28. The van der Waals surface area contributed by atoms with E-state index in [0.717, 1.165) is 18.6 Å². The molecule has 76 valence electrons. The summed E-state index contributed by atoms with van der Waals surface area (Å²) in [5.74, 6) is 0.895. The Morgan fingerprint density at radius 1 is 1.21 bits per heavy atom. The van der Waals surface area contributed by atoms with Gasteiger partial charge in [0.2, 0.25) is 0 Å². The van der Waals surface area contributed by atoms with Crippen LogP contribution in [0.15, 0.2) is 30.3 Å². The van der Waals surface area contributed by atoms with Crippen LogP contribution in [0.5, 0.6) is 5.75 Å². The lowest BCUT2D eigenvalue weighted by Crippen LogP contribution is -2.29. The highest BCUT2D eigenvalue weighted by atomic mass is 16.7. The predicted octanol–water partition coefficient (Wildman–Crippen LogP) is 2.98. The fraction of sp³-hybridized carbons (Fsp3) is 0.500. The van der Waals surface area contributed by atoms with E-state index < -0.39 is 0 Å². The molecule has 0 amide bonds. The van der Waals surface area contributed by atoms with Gasteiger partial charge in [-0.2, -0.15) is 0 Å². The largest absolute Gasteiger partial charge is 0.465 e. The van der Waals surface area contributed by atoms with Crippen molar-refractivity contribution in [2.45, 2.75) is 38.6 Å². The average molecular weight is 192 g/mol. The van der Waals surface area contributed by atoms with Crippen LogP contribution in [0.3, 0.4) is 0 Å². The van der Waals surface area contributed by atoms with Crippen LogP contribution in [0.2, 0.25) is 0 Å². The Bertz CT molecular complexity index is 271. The molecule has 1 aliphatic heterocycles. The third-order valence-electron chi connectivity index (χ3n) is 2.45. The minimum Gasteiger partial charge on any atom is -0.465 e. The zero-order valence-electron chi connectivity index (χ0n) is 8.48. The summed E-state index contributed by atoms with van der Waals surface area (Å²) in [4.78, 5) is 0. The molecule has 0 bridgehead atoms. The highest BCUT2D eigenvalue weighted by molar-refractivity contribution is 5.21. The van der Waals surface area contributed by atoms with Crippen molar-refractivity contribution >= 4 is 0 Å². The smallest absolute Gasteiger partial charge is 0.200 e. The van der Waals surface area contributed by atoms with E-state index >= 15 is 0 Å². The first kappa shape index (κ1) is 9.53. The second kappa shape index (κ2) is 4.47. The SMILES string of the molecule is C[C@@H]1CCC[C@@H](Oc2ccccc2)O1. The van der Waals surface area contributed by atoms with E-state index in [0.29, 0.717) is 6.10 Å². The van der Waals surface area contributed by atoms with Gasteiger partial charge in [0.25, 0.3) is 0 Å². The summed E-state index contributed by atoms with van der Waals surface area (Å²) in [5, 5.41) is 0. The Kier molecular flexibility index (Phi) is 3.04. The molecule has 1 fully saturated rings. The maximum Gasteiger partial charge on any atom is 0.200 e. The number of ether oxygens (including phenoxy) is 2. The Balaban J connectivity index is 1.91. The van der Waals surface area contributed by atoms with Gasteiger partial charge >= 0.3 is 0 Å². The van der Waals surface area contributed by atoms with E-state index in [9.17, 15) is 0 Å². The van der Waals surface area contributed by atoms with Gasteiger partial charge < -0.3 is 9.47 Å². The molecular weight excluding hydrogens is 176 g/mol. The minimum atomic E-state index is -0.0545. The molecule has 1 aromatic rings. The third kappa shape index (κ3) is 2.48. The molecule has 0 aliphatic carbocycles. The first-order chi connectivity index (χ1) is 6.84. The van der Waals surface area contributed by atoms with E-state index in [2.05, 4.69) is 6.92 Å². The fourth-order valence-electron chi connectivity index (χ4n) is 1.70. The van der Waals surface area contributed by atoms with Crippen LogP contribution in [0.25, 0.3) is 0 Å². The summed E-state index contributed by atoms with van der Waals surface area (Å²) in [7, 11) is 0. The van der Waals surface area contributed by atoms with Crippen molar-refractivity contribution in [1.82, 2.24) is 0 Å². The van der Waals surface area contributed by atoms with Crippen LogP contribution < -0.4 is 4.74 Å². The van der Waals surface area contributed by atoms with Crippen molar-refractivity contribution < 1.29 is 9.47 Å². The zero-order valence-corrected chi connectivity index (χ0v) is 8.48. The molecule has 2 nitrogen and oxygen atoms in total. The highest BCUT2D eigenvalue weighted by Gasteiger charge is 2.20.